The Morgan fingerprint density at radius 3 is 2.91 bits per heavy atom. The second kappa shape index (κ2) is 5.06. The van der Waals surface area contributed by atoms with Crippen molar-refractivity contribution in [3.8, 4) is 0 Å². The topological polar surface area (TPSA) is 39.3 Å². The normalized spacial score (nSPS) is 9.55. The van der Waals surface area contributed by atoms with Crippen molar-refractivity contribution in [3.63, 3.8) is 0 Å². The number of nitrogens with zero attached hydrogens (tertiary/aromatic N) is 2. The Labute approximate surface area is 82.4 Å². The summed E-state index contributed by atoms with van der Waals surface area (Å²) in [5, 5.41) is 12.4. The van der Waals surface area contributed by atoms with Crippen molar-refractivity contribution >= 4 is 30.2 Å². The molecule has 1 aromatic rings. The molecule has 0 spiro atoms. The highest BCUT2D eigenvalue weighted by Crippen LogP contribution is 1.87. The molecular formula is C7H9IN2O. The van der Waals surface area contributed by atoms with E-state index in [2.05, 4.69) is 5.16 Å². The summed E-state index contributed by atoms with van der Waals surface area (Å²) in [7, 11) is 1.89. The van der Waals surface area contributed by atoms with Gasteiger partial charge in [0, 0.05) is 12.3 Å². The van der Waals surface area contributed by atoms with Crippen molar-refractivity contribution in [1.29, 1.82) is 0 Å². The summed E-state index contributed by atoms with van der Waals surface area (Å²) in [6.45, 7) is 0. The first-order valence-corrected chi connectivity index (χ1v) is 2.94. The molecule has 0 saturated carbocycles. The minimum Gasteiger partial charge on any atom is -0.792 e. The number of rotatable bonds is 1. The van der Waals surface area contributed by atoms with E-state index in [1.807, 2.05) is 36.1 Å². The maximum Gasteiger partial charge on any atom is 0.177 e. The lowest BCUT2D eigenvalue weighted by Gasteiger charge is -1.91. The van der Waals surface area contributed by atoms with E-state index in [0.29, 0.717) is 0 Å². The lowest BCUT2D eigenvalue weighted by molar-refractivity contribution is -0.671. The van der Waals surface area contributed by atoms with E-state index in [-0.39, 0.29) is 24.0 Å². The predicted octanol–water partition coefficient (Wildman–Crippen LogP) is 1.05. The average molecular weight is 264 g/mol. The molecule has 0 unspecified atom stereocenters. The van der Waals surface area contributed by atoms with Crippen molar-refractivity contribution in [2.75, 3.05) is 0 Å². The Morgan fingerprint density at radius 2 is 2.36 bits per heavy atom. The van der Waals surface area contributed by atoms with Crippen LogP contribution < -0.4 is 4.57 Å². The molecule has 0 amide bonds. The van der Waals surface area contributed by atoms with Crippen LogP contribution in [0.4, 0.5) is 0 Å². The van der Waals surface area contributed by atoms with Crippen LogP contribution in [-0.2, 0) is 7.05 Å². The predicted molar refractivity (Wildman–Crippen MR) is 54.0 cm³/mol. The van der Waals surface area contributed by atoms with Crippen molar-refractivity contribution in [1.82, 2.24) is 0 Å². The van der Waals surface area contributed by atoms with Crippen LogP contribution in [0.3, 0.4) is 0 Å². The number of hydrogen-bond acceptors (Lipinski definition) is 2. The molecule has 0 aliphatic rings. The molecule has 1 heterocycles. The van der Waals surface area contributed by atoms with Gasteiger partial charge < -0.3 is 10.4 Å². The summed E-state index contributed by atoms with van der Waals surface area (Å²) >= 11 is 0. The van der Waals surface area contributed by atoms with Gasteiger partial charge in [0.2, 0.25) is 0 Å². The fourth-order valence-electron chi connectivity index (χ4n) is 0.748. The third kappa shape index (κ3) is 3.31. The van der Waals surface area contributed by atoms with E-state index in [0.717, 1.165) is 5.56 Å². The van der Waals surface area contributed by atoms with E-state index in [9.17, 15) is 5.21 Å². The first-order chi connectivity index (χ1) is 4.83. The van der Waals surface area contributed by atoms with Crippen molar-refractivity contribution in [2.45, 2.75) is 0 Å². The summed E-state index contributed by atoms with van der Waals surface area (Å²) in [5.41, 5.74) is 0.819. The first kappa shape index (κ1) is 10.3. The summed E-state index contributed by atoms with van der Waals surface area (Å²) in [4.78, 5) is 0. The number of aryl methyl sites for hydroxylation is 1. The standard InChI is InChI=1S/C7H8N2O.HI/c1-9-4-2-3-7(6-9)5-8-10;/h2-6H,1H3;1H/b8-5+;. The van der Waals surface area contributed by atoms with Crippen LogP contribution in [0.25, 0.3) is 0 Å². The largest absolute Gasteiger partial charge is 0.792 e. The molecule has 0 atom stereocenters. The molecule has 4 heteroatoms. The van der Waals surface area contributed by atoms with Crippen molar-refractivity contribution in [3.05, 3.63) is 35.3 Å². The zero-order chi connectivity index (χ0) is 7.40. The lowest BCUT2D eigenvalue weighted by atomic mass is 10.3. The van der Waals surface area contributed by atoms with Gasteiger partial charge in [-0.1, -0.05) is 0 Å². The van der Waals surface area contributed by atoms with Gasteiger partial charge in [-0.15, -0.1) is 24.0 Å². The number of aromatic nitrogens is 1. The molecule has 0 saturated heterocycles. The van der Waals surface area contributed by atoms with Gasteiger partial charge in [0.25, 0.3) is 0 Å². The van der Waals surface area contributed by atoms with Crippen LogP contribution in [-0.4, -0.2) is 6.21 Å². The Balaban J connectivity index is 0.000001000. The quantitative estimate of drug-likeness (QED) is 0.323. The van der Waals surface area contributed by atoms with Crippen LogP contribution in [0, 0.1) is 5.21 Å². The third-order valence-corrected chi connectivity index (χ3v) is 1.16. The molecular weight excluding hydrogens is 255 g/mol. The van der Waals surface area contributed by atoms with Gasteiger partial charge in [-0.25, -0.2) is 4.57 Å². The molecule has 1 aromatic heterocycles. The Kier molecular flexibility index (Phi) is 4.76. The molecule has 0 N–H and O–H groups in total. The molecule has 0 aliphatic carbocycles. The molecule has 0 bridgehead atoms. The van der Waals surface area contributed by atoms with Gasteiger partial charge in [-0.05, 0) is 6.07 Å². The molecule has 60 valence electrons. The highest BCUT2D eigenvalue weighted by Gasteiger charge is 1.91. The minimum absolute atomic E-state index is 0. The van der Waals surface area contributed by atoms with Gasteiger partial charge in [0.05, 0.1) is 5.56 Å². The minimum atomic E-state index is 0. The first-order valence-electron chi connectivity index (χ1n) is 2.94. The van der Waals surface area contributed by atoms with Crippen molar-refractivity contribution < 1.29 is 4.57 Å². The fourth-order valence-corrected chi connectivity index (χ4v) is 0.748. The zero-order valence-electron chi connectivity index (χ0n) is 6.10. The maximum absolute atomic E-state index is 9.77. The molecule has 1 rings (SSSR count). The van der Waals surface area contributed by atoms with E-state index in [1.54, 1.807) is 0 Å². The van der Waals surface area contributed by atoms with Gasteiger partial charge >= 0.3 is 0 Å². The summed E-state index contributed by atoms with van der Waals surface area (Å²) in [5.74, 6) is 0. The molecule has 0 aliphatic heterocycles. The van der Waals surface area contributed by atoms with E-state index >= 15 is 0 Å². The van der Waals surface area contributed by atoms with Crippen LogP contribution in [0.5, 0.6) is 0 Å². The summed E-state index contributed by atoms with van der Waals surface area (Å²) in [6.07, 6.45) is 4.99. The molecule has 3 nitrogen and oxygen atoms in total. The summed E-state index contributed by atoms with van der Waals surface area (Å²) < 4.78 is 1.86. The van der Waals surface area contributed by atoms with Gasteiger partial charge in [0.15, 0.2) is 12.4 Å². The SMILES string of the molecule is C[n+]1cccc(/C=N/[O-])c1.I. The highest BCUT2D eigenvalue weighted by molar-refractivity contribution is 14.0. The molecule has 0 aromatic carbocycles. The van der Waals surface area contributed by atoms with Crippen LogP contribution in [0.15, 0.2) is 29.7 Å². The fraction of sp³-hybridized carbons (Fsp3) is 0.143. The van der Waals surface area contributed by atoms with Crippen LogP contribution in [0.1, 0.15) is 5.56 Å². The average Bonchev–Trinajstić information content (AvgIpc) is 1.88. The summed E-state index contributed by atoms with van der Waals surface area (Å²) in [6, 6.07) is 3.68. The Morgan fingerprint density at radius 1 is 1.64 bits per heavy atom. The molecule has 0 fully saturated rings. The smallest absolute Gasteiger partial charge is 0.177 e. The second-order valence-corrected chi connectivity index (χ2v) is 2.04. The third-order valence-electron chi connectivity index (χ3n) is 1.16. The van der Waals surface area contributed by atoms with E-state index in [1.165, 1.54) is 6.21 Å². The lowest BCUT2D eigenvalue weighted by Crippen LogP contribution is -2.26. The second-order valence-electron chi connectivity index (χ2n) is 2.04. The molecule has 0 radical (unpaired) electrons. The number of pyridine rings is 1. The van der Waals surface area contributed by atoms with E-state index < -0.39 is 0 Å². The zero-order valence-corrected chi connectivity index (χ0v) is 8.43. The van der Waals surface area contributed by atoms with E-state index in [4.69, 9.17) is 0 Å². The maximum atomic E-state index is 9.77. The molecule has 11 heavy (non-hydrogen) atoms. The van der Waals surface area contributed by atoms with Crippen LogP contribution >= 0.6 is 24.0 Å². The Bertz CT molecular complexity index is 250. The number of hydrogen-bond donors (Lipinski definition) is 0. The van der Waals surface area contributed by atoms with Gasteiger partial charge in [-0.2, -0.15) is 0 Å². The highest BCUT2D eigenvalue weighted by atomic mass is 127. The van der Waals surface area contributed by atoms with Crippen molar-refractivity contribution in [2.24, 2.45) is 12.2 Å². The van der Waals surface area contributed by atoms with Gasteiger partial charge in [-0.3, -0.25) is 0 Å². The monoisotopic (exact) mass is 264 g/mol. The van der Waals surface area contributed by atoms with Crippen LogP contribution in [0.2, 0.25) is 0 Å². The Hall–Kier alpha value is -0.650. The number of halogens is 1. The van der Waals surface area contributed by atoms with Gasteiger partial charge in [0.1, 0.15) is 7.05 Å².